The number of aryl methyl sites for hydroxylation is 1. The van der Waals surface area contributed by atoms with Crippen LogP contribution in [0.2, 0.25) is 0 Å². The maximum absolute atomic E-state index is 10.7. The molecule has 0 aromatic heterocycles. The Morgan fingerprint density at radius 2 is 1.69 bits per heavy atom. The molecule has 0 heterocycles. The van der Waals surface area contributed by atoms with Gasteiger partial charge in [0, 0.05) is 4.90 Å². The summed E-state index contributed by atoms with van der Waals surface area (Å²) in [6.45, 7) is 1.94. The van der Waals surface area contributed by atoms with Gasteiger partial charge in [-0.3, -0.25) is 0 Å². The summed E-state index contributed by atoms with van der Waals surface area (Å²) in [5.74, 6) is 0. The van der Waals surface area contributed by atoms with E-state index in [0.29, 0.717) is 4.90 Å². The van der Waals surface area contributed by atoms with E-state index >= 15 is 0 Å². The van der Waals surface area contributed by atoms with Crippen molar-refractivity contribution >= 4 is 28.9 Å². The predicted molar refractivity (Wildman–Crippen MR) is 51.3 cm³/mol. The average molecular weight is 282 g/mol. The largest absolute Gasteiger partial charge is 2.00 e. The van der Waals surface area contributed by atoms with Crippen LogP contribution in [0.15, 0.2) is 29.2 Å². The molecule has 0 aliphatic rings. The molecular weight excluding hydrogens is 275 g/mol. The standard InChI is InChI=1S/C7H9O2PS2.Cu/c1-6-2-4-7(5-3-6)12-10(8,9)11;/h2-5H,1H3,(H2,8,9,11);/q;+2/p-2. The monoisotopic (exact) mass is 281 g/mol. The molecule has 75 valence electrons. The maximum atomic E-state index is 10.7. The van der Waals surface area contributed by atoms with E-state index in [2.05, 4.69) is 11.8 Å². The summed E-state index contributed by atoms with van der Waals surface area (Å²) in [5, 5.41) is 0. The van der Waals surface area contributed by atoms with Crippen molar-refractivity contribution in [2.75, 3.05) is 0 Å². The zero-order chi connectivity index (χ0) is 9.19. The van der Waals surface area contributed by atoms with Crippen LogP contribution in [0.25, 0.3) is 0 Å². The summed E-state index contributed by atoms with van der Waals surface area (Å²) in [5.41, 5.74) is -2.55. The minimum absolute atomic E-state index is 0. The number of hydrogen-bond acceptors (Lipinski definition) is 4. The fraction of sp³-hybridized carbons (Fsp3) is 0.143. The van der Waals surface area contributed by atoms with Gasteiger partial charge in [-0.1, -0.05) is 17.7 Å². The van der Waals surface area contributed by atoms with Crippen LogP contribution in [0, 0.1) is 6.92 Å². The zero-order valence-corrected chi connectivity index (χ0v) is 10.2. The molecule has 1 aromatic rings. The SMILES string of the molecule is Cc1ccc(SP([O-])([O-])=S)cc1.[Cu+2]. The fourth-order valence-corrected chi connectivity index (χ4v) is 3.16. The first-order chi connectivity index (χ1) is 5.47. The van der Waals surface area contributed by atoms with Crippen LogP contribution in [-0.4, -0.2) is 0 Å². The van der Waals surface area contributed by atoms with Crippen molar-refractivity contribution in [3.63, 3.8) is 0 Å². The Kier molecular flexibility index (Phi) is 5.80. The van der Waals surface area contributed by atoms with Crippen LogP contribution in [0.3, 0.4) is 0 Å². The summed E-state index contributed by atoms with van der Waals surface area (Å²) in [6.07, 6.45) is 0. The zero-order valence-electron chi connectivity index (χ0n) is 6.69. The fourth-order valence-electron chi connectivity index (χ4n) is 0.728. The second kappa shape index (κ2) is 5.52. The van der Waals surface area contributed by atoms with Gasteiger partial charge in [-0.25, -0.2) is 0 Å². The van der Waals surface area contributed by atoms with Crippen LogP contribution >= 0.6 is 17.1 Å². The van der Waals surface area contributed by atoms with E-state index in [1.807, 2.05) is 19.1 Å². The summed E-state index contributed by atoms with van der Waals surface area (Å²) in [6, 6.07) is 7.20. The van der Waals surface area contributed by atoms with Crippen molar-refractivity contribution in [1.82, 2.24) is 0 Å². The second-order valence-electron chi connectivity index (χ2n) is 2.35. The summed E-state index contributed by atoms with van der Waals surface area (Å²) in [7, 11) is 0. The third-order valence-electron chi connectivity index (χ3n) is 1.24. The van der Waals surface area contributed by atoms with E-state index in [-0.39, 0.29) is 17.1 Å². The molecular formula is C7H7CuO2PS2. The van der Waals surface area contributed by atoms with Crippen molar-refractivity contribution in [2.24, 2.45) is 0 Å². The molecule has 2 nitrogen and oxygen atoms in total. The van der Waals surface area contributed by atoms with Gasteiger partial charge in [0.2, 0.25) is 0 Å². The number of benzene rings is 1. The van der Waals surface area contributed by atoms with Gasteiger partial charge >= 0.3 is 17.1 Å². The molecule has 0 bridgehead atoms. The molecule has 0 aliphatic heterocycles. The molecule has 0 saturated carbocycles. The second-order valence-corrected chi connectivity index (χ2v) is 8.03. The van der Waals surface area contributed by atoms with E-state index in [4.69, 9.17) is 0 Å². The average Bonchev–Trinajstić information content (AvgIpc) is 1.91. The van der Waals surface area contributed by atoms with Crippen molar-refractivity contribution in [2.45, 2.75) is 11.8 Å². The molecule has 0 spiro atoms. The van der Waals surface area contributed by atoms with Crippen LogP contribution in [0.1, 0.15) is 5.56 Å². The van der Waals surface area contributed by atoms with Crippen LogP contribution in [-0.2, 0) is 28.9 Å². The Morgan fingerprint density at radius 1 is 1.23 bits per heavy atom. The Balaban J connectivity index is 0.00000144. The number of hydrogen-bond donors (Lipinski definition) is 0. The van der Waals surface area contributed by atoms with Gasteiger partial charge < -0.3 is 9.79 Å². The normalized spacial score (nSPS) is 10.7. The van der Waals surface area contributed by atoms with Crippen LogP contribution in [0.4, 0.5) is 0 Å². The molecule has 0 unspecified atom stereocenters. The van der Waals surface area contributed by atoms with Gasteiger partial charge in [-0.15, -0.1) is 23.2 Å². The molecule has 1 rings (SSSR count). The number of rotatable bonds is 2. The van der Waals surface area contributed by atoms with Crippen molar-refractivity contribution < 1.29 is 26.9 Å². The topological polar surface area (TPSA) is 46.1 Å². The summed E-state index contributed by atoms with van der Waals surface area (Å²) in [4.78, 5) is 22.1. The maximum Gasteiger partial charge on any atom is 2.00 e. The van der Waals surface area contributed by atoms with Gasteiger partial charge in [0.25, 0.3) is 0 Å². The van der Waals surface area contributed by atoms with Gasteiger partial charge in [-0.05, 0) is 19.1 Å². The van der Waals surface area contributed by atoms with Crippen LogP contribution < -0.4 is 9.79 Å². The Morgan fingerprint density at radius 3 is 2.08 bits per heavy atom. The first-order valence-corrected chi connectivity index (χ1v) is 7.32. The van der Waals surface area contributed by atoms with Gasteiger partial charge in [-0.2, -0.15) is 5.69 Å². The minimum Gasteiger partial charge on any atom is -0.824 e. The Hall–Kier alpha value is 0.659. The van der Waals surface area contributed by atoms with E-state index in [9.17, 15) is 9.79 Å². The minimum atomic E-state index is -3.65. The third-order valence-corrected chi connectivity index (χ3v) is 3.92. The quantitative estimate of drug-likeness (QED) is 0.600. The van der Waals surface area contributed by atoms with E-state index in [1.165, 1.54) is 0 Å². The molecule has 0 N–H and O–H groups in total. The van der Waals surface area contributed by atoms with Crippen molar-refractivity contribution in [1.29, 1.82) is 0 Å². The molecule has 0 fully saturated rings. The Labute approximate surface area is 97.1 Å². The van der Waals surface area contributed by atoms with E-state index in [0.717, 1.165) is 16.9 Å². The van der Waals surface area contributed by atoms with Gasteiger partial charge in [0.1, 0.15) is 0 Å². The smallest absolute Gasteiger partial charge is 0.824 e. The summed E-state index contributed by atoms with van der Waals surface area (Å²) >= 11 is 4.99. The third kappa shape index (κ3) is 5.87. The van der Waals surface area contributed by atoms with Gasteiger partial charge in [0.15, 0.2) is 0 Å². The van der Waals surface area contributed by atoms with E-state index in [1.54, 1.807) is 12.1 Å². The Bertz CT molecular complexity index is 309. The molecule has 1 radical (unpaired) electrons. The van der Waals surface area contributed by atoms with Crippen LogP contribution in [0.5, 0.6) is 0 Å². The summed E-state index contributed by atoms with van der Waals surface area (Å²) < 4.78 is 0. The molecule has 6 heteroatoms. The molecule has 1 aromatic carbocycles. The van der Waals surface area contributed by atoms with Gasteiger partial charge in [0.05, 0.1) is 0 Å². The molecule has 0 atom stereocenters. The molecule has 0 amide bonds. The molecule has 0 aliphatic carbocycles. The first kappa shape index (κ1) is 13.7. The molecule has 0 saturated heterocycles. The molecule has 13 heavy (non-hydrogen) atoms. The van der Waals surface area contributed by atoms with Crippen molar-refractivity contribution in [3.05, 3.63) is 29.8 Å². The van der Waals surface area contributed by atoms with E-state index < -0.39 is 5.69 Å². The predicted octanol–water partition coefficient (Wildman–Crippen LogP) is 1.03. The first-order valence-electron chi connectivity index (χ1n) is 3.26. The van der Waals surface area contributed by atoms with Crippen molar-refractivity contribution in [3.8, 4) is 0 Å².